The Hall–Kier alpha value is -2.15. The minimum atomic E-state index is -4.76. The summed E-state index contributed by atoms with van der Waals surface area (Å²) in [6, 6.07) is 6.49. The number of nitrogens with zero attached hydrogens (tertiary/aromatic N) is 3. The number of rotatable bonds is 3. The van der Waals surface area contributed by atoms with Gasteiger partial charge in [0.1, 0.15) is 5.75 Å². The molecule has 4 aromatic rings. The van der Waals surface area contributed by atoms with Crippen molar-refractivity contribution in [3.05, 3.63) is 61.1 Å². The molecule has 4 rings (SSSR count). The number of benzene rings is 1. The first kappa shape index (κ1) is 22.1. The molecular formula is C18H8Br2ClF3N4O2S. The minimum absolute atomic E-state index is 0.0189. The predicted molar refractivity (Wildman–Crippen MR) is 118 cm³/mol. The van der Waals surface area contributed by atoms with E-state index < -0.39 is 17.8 Å². The van der Waals surface area contributed by atoms with Gasteiger partial charge in [0.25, 0.3) is 5.91 Å². The smallest absolute Gasteiger partial charge is 0.433 e. The molecule has 1 aromatic carbocycles. The van der Waals surface area contributed by atoms with Gasteiger partial charge in [-0.2, -0.15) is 18.3 Å². The number of halogens is 6. The van der Waals surface area contributed by atoms with E-state index in [1.165, 1.54) is 29.5 Å². The lowest BCUT2D eigenvalue weighted by Crippen LogP contribution is -2.16. The number of carbonyl (C=O) groups excluding carboxylic acids is 1. The van der Waals surface area contributed by atoms with E-state index in [1.54, 1.807) is 11.4 Å². The summed E-state index contributed by atoms with van der Waals surface area (Å²) in [6.07, 6.45) is -4.76. The number of hydrogen-bond acceptors (Lipinski definition) is 5. The maximum absolute atomic E-state index is 13.7. The Morgan fingerprint density at radius 3 is 2.61 bits per heavy atom. The third-order valence-electron chi connectivity index (χ3n) is 4.07. The molecule has 3 aromatic heterocycles. The van der Waals surface area contributed by atoms with Crippen LogP contribution in [-0.4, -0.2) is 25.6 Å². The number of fused-ring (bicyclic) bond motifs is 1. The van der Waals surface area contributed by atoms with Crippen molar-refractivity contribution in [3.8, 4) is 16.3 Å². The lowest BCUT2D eigenvalue weighted by atomic mass is 10.2. The van der Waals surface area contributed by atoms with Crippen molar-refractivity contribution in [2.75, 3.05) is 5.32 Å². The van der Waals surface area contributed by atoms with Gasteiger partial charge in [0.2, 0.25) is 0 Å². The van der Waals surface area contributed by atoms with Gasteiger partial charge in [0.05, 0.1) is 20.7 Å². The van der Waals surface area contributed by atoms with E-state index >= 15 is 0 Å². The number of phenols is 1. The molecule has 0 unspecified atom stereocenters. The number of amides is 1. The lowest BCUT2D eigenvalue weighted by Gasteiger charge is -2.10. The highest BCUT2D eigenvalue weighted by Crippen LogP contribution is 2.37. The first-order valence-electron chi connectivity index (χ1n) is 8.25. The molecule has 1 amide bonds. The van der Waals surface area contributed by atoms with Crippen LogP contribution in [0.5, 0.6) is 5.75 Å². The summed E-state index contributed by atoms with van der Waals surface area (Å²) in [4.78, 5) is 17.5. The molecule has 0 radical (unpaired) electrons. The molecular weight excluding hydrogens is 589 g/mol. The van der Waals surface area contributed by atoms with Gasteiger partial charge < -0.3 is 10.4 Å². The summed E-state index contributed by atoms with van der Waals surface area (Å²) in [5, 5.41) is 18.1. The van der Waals surface area contributed by atoms with E-state index in [4.69, 9.17) is 11.6 Å². The van der Waals surface area contributed by atoms with Gasteiger partial charge in [0, 0.05) is 14.9 Å². The van der Waals surface area contributed by atoms with Crippen molar-refractivity contribution in [1.29, 1.82) is 0 Å². The number of anilines is 1. The highest BCUT2D eigenvalue weighted by molar-refractivity contribution is 9.11. The van der Waals surface area contributed by atoms with Gasteiger partial charge >= 0.3 is 6.18 Å². The van der Waals surface area contributed by atoms with Crippen molar-refractivity contribution >= 4 is 72.0 Å². The maximum Gasteiger partial charge on any atom is 0.433 e. The Morgan fingerprint density at radius 1 is 1.23 bits per heavy atom. The molecule has 13 heteroatoms. The molecule has 0 aliphatic rings. The monoisotopic (exact) mass is 594 g/mol. The first-order valence-corrected chi connectivity index (χ1v) is 11.1. The van der Waals surface area contributed by atoms with Crippen LogP contribution < -0.4 is 5.32 Å². The fourth-order valence-corrected chi connectivity index (χ4v) is 4.78. The number of aromatic nitrogens is 3. The zero-order valence-corrected chi connectivity index (χ0v) is 19.6. The maximum atomic E-state index is 13.7. The first-order chi connectivity index (χ1) is 14.5. The van der Waals surface area contributed by atoms with E-state index in [0.29, 0.717) is 13.9 Å². The summed E-state index contributed by atoms with van der Waals surface area (Å²) >= 11 is 13.5. The van der Waals surface area contributed by atoms with Crippen LogP contribution in [0.15, 0.2) is 44.7 Å². The Labute approximate surface area is 197 Å². The van der Waals surface area contributed by atoms with E-state index in [0.717, 1.165) is 6.07 Å². The fourth-order valence-electron chi connectivity index (χ4n) is 2.70. The van der Waals surface area contributed by atoms with Crippen LogP contribution in [0, 0.1) is 0 Å². The zero-order chi connectivity index (χ0) is 22.5. The highest BCUT2D eigenvalue weighted by Gasteiger charge is 2.36. The molecule has 0 fully saturated rings. The topological polar surface area (TPSA) is 79.5 Å². The second-order valence-corrected chi connectivity index (χ2v) is 9.22. The number of aromatic hydroxyl groups is 1. The zero-order valence-electron chi connectivity index (χ0n) is 14.8. The largest absolute Gasteiger partial charge is 0.506 e. The van der Waals surface area contributed by atoms with Crippen LogP contribution in [0.4, 0.5) is 18.9 Å². The molecule has 3 heterocycles. The number of hydrogen-bond donors (Lipinski definition) is 2. The summed E-state index contributed by atoms with van der Waals surface area (Å²) < 4.78 is 42.5. The highest BCUT2D eigenvalue weighted by atomic mass is 79.9. The Morgan fingerprint density at radius 2 is 1.97 bits per heavy atom. The van der Waals surface area contributed by atoms with Crippen molar-refractivity contribution in [2.45, 2.75) is 6.18 Å². The second-order valence-electron chi connectivity index (χ2n) is 6.17. The Kier molecular flexibility index (Phi) is 5.75. The van der Waals surface area contributed by atoms with Crippen LogP contribution >= 0.6 is 54.8 Å². The van der Waals surface area contributed by atoms with Crippen molar-refractivity contribution in [3.63, 3.8) is 0 Å². The third-order valence-corrected chi connectivity index (χ3v) is 6.74. The SMILES string of the molecule is O=C(Nc1cc(Cl)ccc1O)c1nn2c(C(F)(F)F)cc(-c3cc(Br)cs3)nc2c1Br. The Balaban J connectivity index is 1.85. The van der Waals surface area contributed by atoms with Crippen molar-refractivity contribution in [1.82, 2.24) is 14.6 Å². The average Bonchev–Trinajstić information content (AvgIpc) is 3.27. The molecule has 0 saturated heterocycles. The van der Waals surface area contributed by atoms with E-state index in [2.05, 4.69) is 47.3 Å². The van der Waals surface area contributed by atoms with Gasteiger partial charge in [-0.05, 0) is 62.2 Å². The van der Waals surface area contributed by atoms with Crippen LogP contribution in [0.25, 0.3) is 16.2 Å². The van der Waals surface area contributed by atoms with E-state index in [-0.39, 0.29) is 38.0 Å². The number of thiophene rings is 1. The van der Waals surface area contributed by atoms with Crippen LogP contribution in [-0.2, 0) is 6.18 Å². The molecule has 160 valence electrons. The van der Waals surface area contributed by atoms with Crippen molar-refractivity contribution in [2.24, 2.45) is 0 Å². The van der Waals surface area contributed by atoms with Gasteiger partial charge in [-0.3, -0.25) is 4.79 Å². The summed E-state index contributed by atoms with van der Waals surface area (Å²) in [5.74, 6) is -1.12. The minimum Gasteiger partial charge on any atom is -0.506 e. The van der Waals surface area contributed by atoms with Crippen LogP contribution in [0.1, 0.15) is 16.2 Å². The van der Waals surface area contributed by atoms with Gasteiger partial charge in [-0.15, -0.1) is 11.3 Å². The second kappa shape index (κ2) is 8.08. The summed E-state index contributed by atoms with van der Waals surface area (Å²) in [5.41, 5.74) is -1.57. The molecule has 0 atom stereocenters. The van der Waals surface area contributed by atoms with E-state index in [9.17, 15) is 23.1 Å². The summed E-state index contributed by atoms with van der Waals surface area (Å²) in [6.45, 7) is 0. The molecule has 0 aliphatic carbocycles. The standard InChI is InChI=1S/C18H8Br2ClF3N4O2S/c19-7-3-12(31-6-7)10-5-13(18(22,23)24)28-16(25-10)14(20)15(27-28)17(30)26-9-4-8(21)1-2-11(9)29/h1-6,29H,(H,26,30). The molecule has 2 N–H and O–H groups in total. The van der Waals surface area contributed by atoms with Crippen LogP contribution in [0.3, 0.4) is 0 Å². The molecule has 6 nitrogen and oxygen atoms in total. The normalized spacial score (nSPS) is 11.8. The molecule has 0 aliphatic heterocycles. The molecule has 0 saturated carbocycles. The van der Waals surface area contributed by atoms with Gasteiger partial charge in [0.15, 0.2) is 17.0 Å². The van der Waals surface area contributed by atoms with Crippen LogP contribution in [0.2, 0.25) is 5.02 Å². The van der Waals surface area contributed by atoms with Gasteiger partial charge in [-0.1, -0.05) is 11.6 Å². The quantitative estimate of drug-likeness (QED) is 0.261. The van der Waals surface area contributed by atoms with Gasteiger partial charge in [-0.25, -0.2) is 9.50 Å². The fraction of sp³-hybridized carbons (Fsp3) is 0.0556. The molecule has 0 bridgehead atoms. The predicted octanol–water partition coefficient (Wildman–Crippen LogP) is 6.61. The average molecular weight is 597 g/mol. The molecule has 31 heavy (non-hydrogen) atoms. The number of carbonyl (C=O) groups is 1. The Bertz CT molecular complexity index is 1340. The van der Waals surface area contributed by atoms with E-state index in [1.807, 2.05) is 0 Å². The number of phenolic OH excluding ortho intramolecular Hbond substituents is 1. The lowest BCUT2D eigenvalue weighted by molar-refractivity contribution is -0.142. The summed E-state index contributed by atoms with van der Waals surface area (Å²) in [7, 11) is 0. The number of alkyl halides is 3. The molecule has 0 spiro atoms. The van der Waals surface area contributed by atoms with Crippen molar-refractivity contribution < 1.29 is 23.1 Å². The third kappa shape index (κ3) is 4.29. The number of nitrogens with one attached hydrogen (secondary N) is 1.